The summed E-state index contributed by atoms with van der Waals surface area (Å²) in [5.41, 5.74) is 2.94. The monoisotopic (exact) mass is 384 g/mol. The normalized spacial score (nSPS) is 12.7. The molecule has 0 amide bonds. The molecule has 3 aromatic rings. The van der Waals surface area contributed by atoms with Gasteiger partial charge in [0, 0.05) is 11.7 Å². The number of aromatic nitrogens is 4. The number of benzene rings is 1. The van der Waals surface area contributed by atoms with Gasteiger partial charge in [-0.1, -0.05) is 13.8 Å². The van der Waals surface area contributed by atoms with E-state index in [1.54, 1.807) is 18.5 Å². The number of hydrogen-bond acceptors (Lipinski definition) is 7. The molecule has 3 rings (SSSR count). The highest BCUT2D eigenvalue weighted by Gasteiger charge is 2.18. The molecule has 0 radical (unpaired) electrons. The highest BCUT2D eigenvalue weighted by atomic mass is 16.3. The van der Waals surface area contributed by atoms with E-state index in [-0.39, 0.29) is 30.4 Å². The topological polar surface area (TPSA) is 108 Å². The van der Waals surface area contributed by atoms with Gasteiger partial charge < -0.3 is 25.4 Å². The van der Waals surface area contributed by atoms with Crippen LogP contribution in [0, 0.1) is 12.8 Å². The van der Waals surface area contributed by atoms with E-state index >= 15 is 0 Å². The van der Waals surface area contributed by atoms with Crippen LogP contribution >= 0.6 is 0 Å². The number of imidazole rings is 1. The van der Waals surface area contributed by atoms with Crippen molar-refractivity contribution in [2.75, 3.05) is 17.2 Å². The number of aryl methyl sites for hydroxylation is 1. The van der Waals surface area contributed by atoms with E-state index in [0.717, 1.165) is 11.3 Å². The maximum Gasteiger partial charge on any atom is 0.227 e. The minimum Gasteiger partial charge on any atom is -0.508 e. The molecular weight excluding hydrogens is 356 g/mol. The van der Waals surface area contributed by atoms with Crippen LogP contribution in [0.4, 0.5) is 17.5 Å². The first-order chi connectivity index (χ1) is 13.3. The number of rotatable bonds is 7. The Morgan fingerprint density at radius 2 is 1.89 bits per heavy atom. The summed E-state index contributed by atoms with van der Waals surface area (Å²) in [4.78, 5) is 13.8. The number of anilines is 3. The second kappa shape index (κ2) is 8.02. The van der Waals surface area contributed by atoms with Gasteiger partial charge >= 0.3 is 0 Å². The predicted octanol–water partition coefficient (Wildman–Crippen LogP) is 3.59. The number of aliphatic hydroxyl groups is 1. The maximum absolute atomic E-state index is 9.77. The van der Waals surface area contributed by atoms with Gasteiger partial charge in [-0.25, -0.2) is 4.98 Å². The molecule has 0 aliphatic heterocycles. The molecule has 0 aliphatic rings. The fourth-order valence-electron chi connectivity index (χ4n) is 2.91. The molecule has 150 valence electrons. The summed E-state index contributed by atoms with van der Waals surface area (Å²) in [6, 6.07) is 5.31. The Hall–Kier alpha value is -2.87. The molecule has 2 aromatic heterocycles. The molecule has 28 heavy (non-hydrogen) atoms. The van der Waals surface area contributed by atoms with Crippen molar-refractivity contribution in [3.63, 3.8) is 0 Å². The van der Waals surface area contributed by atoms with Crippen molar-refractivity contribution in [3.8, 4) is 5.75 Å². The highest BCUT2D eigenvalue weighted by Crippen LogP contribution is 2.28. The first-order valence-corrected chi connectivity index (χ1v) is 9.48. The first kappa shape index (κ1) is 19.9. The van der Waals surface area contributed by atoms with Gasteiger partial charge in [-0.05, 0) is 50.5 Å². The zero-order valence-corrected chi connectivity index (χ0v) is 16.9. The lowest BCUT2D eigenvalue weighted by Crippen LogP contribution is -2.30. The summed E-state index contributed by atoms with van der Waals surface area (Å²) in [6.45, 7) is 10.0. The number of phenols is 1. The average Bonchev–Trinajstić information content (AvgIpc) is 3.07. The van der Waals surface area contributed by atoms with Crippen molar-refractivity contribution in [2.45, 2.75) is 46.7 Å². The van der Waals surface area contributed by atoms with Crippen LogP contribution in [0.15, 0.2) is 24.5 Å². The molecule has 0 aliphatic carbocycles. The minimum absolute atomic E-state index is 0.0115. The predicted molar refractivity (Wildman–Crippen MR) is 111 cm³/mol. The quantitative estimate of drug-likeness (QED) is 0.461. The van der Waals surface area contributed by atoms with Crippen LogP contribution in [-0.2, 0) is 0 Å². The molecule has 0 saturated heterocycles. The molecule has 4 N–H and O–H groups in total. The Bertz CT molecular complexity index is 967. The van der Waals surface area contributed by atoms with Crippen molar-refractivity contribution >= 4 is 28.6 Å². The standard InChI is InChI=1S/C20H28N6O2/c1-11(2)15(9-27)23-20-24-18(22-14-6-7-16(28)13(5)8-14)17-19(25-20)26(10-21-17)12(3)4/h6-8,10-12,15,27-28H,9H2,1-5H3,(H2,22,23,24,25). The third kappa shape index (κ3) is 4.01. The van der Waals surface area contributed by atoms with E-state index in [1.165, 1.54) is 0 Å². The van der Waals surface area contributed by atoms with Crippen molar-refractivity contribution in [3.05, 3.63) is 30.1 Å². The van der Waals surface area contributed by atoms with E-state index in [2.05, 4.69) is 39.4 Å². The fraction of sp³-hybridized carbons (Fsp3) is 0.450. The molecule has 8 heteroatoms. The Morgan fingerprint density at radius 3 is 2.50 bits per heavy atom. The van der Waals surface area contributed by atoms with Gasteiger partial charge in [-0.3, -0.25) is 0 Å². The molecule has 0 saturated carbocycles. The van der Waals surface area contributed by atoms with Gasteiger partial charge in [0.15, 0.2) is 17.0 Å². The van der Waals surface area contributed by atoms with E-state index in [9.17, 15) is 10.2 Å². The lowest BCUT2D eigenvalue weighted by atomic mass is 10.1. The van der Waals surface area contributed by atoms with E-state index in [4.69, 9.17) is 0 Å². The zero-order chi connectivity index (χ0) is 20.4. The Kier molecular flexibility index (Phi) is 5.69. The third-order valence-electron chi connectivity index (χ3n) is 4.75. The number of phenolic OH excluding ortho intramolecular Hbond substituents is 1. The molecule has 0 bridgehead atoms. The maximum atomic E-state index is 9.77. The summed E-state index contributed by atoms with van der Waals surface area (Å²) in [6.07, 6.45) is 1.76. The second-order valence-electron chi connectivity index (χ2n) is 7.62. The summed E-state index contributed by atoms with van der Waals surface area (Å²) < 4.78 is 1.98. The number of aliphatic hydroxyl groups excluding tert-OH is 1. The Labute approximate surface area is 164 Å². The smallest absolute Gasteiger partial charge is 0.227 e. The van der Waals surface area contributed by atoms with Crippen molar-refractivity contribution in [1.82, 2.24) is 19.5 Å². The second-order valence-corrected chi connectivity index (χ2v) is 7.62. The van der Waals surface area contributed by atoms with Gasteiger partial charge in [-0.15, -0.1) is 0 Å². The SMILES string of the molecule is Cc1cc(Nc2nc(NC(CO)C(C)C)nc3c2ncn3C(C)C)ccc1O. The van der Waals surface area contributed by atoms with Crippen LogP contribution < -0.4 is 10.6 Å². The molecular formula is C20H28N6O2. The summed E-state index contributed by atoms with van der Waals surface area (Å²) in [7, 11) is 0. The average molecular weight is 384 g/mol. The third-order valence-corrected chi connectivity index (χ3v) is 4.75. The first-order valence-electron chi connectivity index (χ1n) is 9.48. The number of nitrogens with zero attached hydrogens (tertiary/aromatic N) is 4. The van der Waals surface area contributed by atoms with E-state index in [1.807, 2.05) is 31.4 Å². The van der Waals surface area contributed by atoms with Crippen LogP contribution in [0.25, 0.3) is 11.2 Å². The lowest BCUT2D eigenvalue weighted by Gasteiger charge is -2.20. The number of hydrogen-bond donors (Lipinski definition) is 4. The Morgan fingerprint density at radius 1 is 1.14 bits per heavy atom. The van der Waals surface area contributed by atoms with Gasteiger partial charge in [-0.2, -0.15) is 9.97 Å². The van der Waals surface area contributed by atoms with Crippen LogP contribution in [-0.4, -0.2) is 42.4 Å². The van der Waals surface area contributed by atoms with Gasteiger partial charge in [0.05, 0.1) is 19.0 Å². The Balaban J connectivity index is 2.07. The van der Waals surface area contributed by atoms with Crippen LogP contribution in [0.2, 0.25) is 0 Å². The number of aromatic hydroxyl groups is 1. The van der Waals surface area contributed by atoms with Gasteiger partial charge in [0.1, 0.15) is 5.75 Å². The van der Waals surface area contributed by atoms with Crippen LogP contribution in [0.3, 0.4) is 0 Å². The zero-order valence-electron chi connectivity index (χ0n) is 16.9. The highest BCUT2D eigenvalue weighted by molar-refractivity contribution is 5.86. The fourth-order valence-corrected chi connectivity index (χ4v) is 2.91. The largest absolute Gasteiger partial charge is 0.508 e. The molecule has 1 aromatic carbocycles. The molecule has 0 fully saturated rings. The minimum atomic E-state index is -0.156. The number of nitrogens with one attached hydrogen (secondary N) is 2. The van der Waals surface area contributed by atoms with Crippen molar-refractivity contribution in [2.24, 2.45) is 5.92 Å². The van der Waals surface area contributed by atoms with Crippen molar-refractivity contribution < 1.29 is 10.2 Å². The number of fused-ring (bicyclic) bond motifs is 1. The summed E-state index contributed by atoms with van der Waals surface area (Å²) in [5.74, 6) is 1.46. The molecule has 1 atom stereocenters. The van der Waals surface area contributed by atoms with E-state index in [0.29, 0.717) is 22.9 Å². The lowest BCUT2D eigenvalue weighted by molar-refractivity contribution is 0.248. The van der Waals surface area contributed by atoms with Gasteiger partial charge in [0.2, 0.25) is 5.95 Å². The molecule has 8 nitrogen and oxygen atoms in total. The van der Waals surface area contributed by atoms with Crippen LogP contribution in [0.5, 0.6) is 5.75 Å². The van der Waals surface area contributed by atoms with Crippen LogP contribution in [0.1, 0.15) is 39.3 Å². The molecule has 2 heterocycles. The molecule has 1 unspecified atom stereocenters. The summed E-state index contributed by atoms with van der Waals surface area (Å²) >= 11 is 0. The molecule has 0 spiro atoms. The summed E-state index contributed by atoms with van der Waals surface area (Å²) in [5, 5.41) is 25.9. The van der Waals surface area contributed by atoms with Gasteiger partial charge in [0.25, 0.3) is 0 Å². The van der Waals surface area contributed by atoms with E-state index < -0.39 is 0 Å². The van der Waals surface area contributed by atoms with Crippen molar-refractivity contribution in [1.29, 1.82) is 0 Å².